The quantitative estimate of drug-likeness (QED) is 0.746. The van der Waals surface area contributed by atoms with E-state index in [0.29, 0.717) is 27.3 Å². The van der Waals surface area contributed by atoms with E-state index in [2.05, 4.69) is 4.99 Å². The summed E-state index contributed by atoms with van der Waals surface area (Å²) >= 11 is 11.8. The van der Waals surface area contributed by atoms with Crippen molar-refractivity contribution in [2.45, 2.75) is 13.0 Å². The van der Waals surface area contributed by atoms with Gasteiger partial charge in [-0.15, -0.1) is 0 Å². The zero-order valence-electron chi connectivity index (χ0n) is 7.42. The third-order valence-corrected chi connectivity index (χ3v) is 2.45. The lowest BCUT2D eigenvalue weighted by atomic mass is 10.2. The summed E-state index contributed by atoms with van der Waals surface area (Å²) < 4.78 is 5.48. The number of nitrogens with two attached hydrogens (primary N) is 1. The number of hydrogen-bond donors (Lipinski definition) is 1. The van der Waals surface area contributed by atoms with Crippen LogP contribution in [-0.4, -0.2) is 11.9 Å². The van der Waals surface area contributed by atoms with E-state index in [1.165, 1.54) is 0 Å². The third-order valence-electron chi connectivity index (χ3n) is 1.95. The van der Waals surface area contributed by atoms with Crippen molar-refractivity contribution in [3.8, 4) is 5.75 Å². The molecule has 0 aliphatic carbocycles. The van der Waals surface area contributed by atoms with Crippen LogP contribution in [0.3, 0.4) is 0 Å². The highest BCUT2D eigenvalue weighted by atomic mass is 35.5. The van der Waals surface area contributed by atoms with E-state index >= 15 is 0 Å². The number of benzene rings is 1. The van der Waals surface area contributed by atoms with Crippen molar-refractivity contribution in [3.05, 3.63) is 22.2 Å². The minimum Gasteiger partial charge on any atom is -0.479 e. The Balaban J connectivity index is 2.59. The molecule has 0 bridgehead atoms. The number of fused-ring (bicyclic) bond motifs is 1. The summed E-state index contributed by atoms with van der Waals surface area (Å²) in [5.74, 6) is 0.966. The first-order valence-electron chi connectivity index (χ1n) is 4.07. The van der Waals surface area contributed by atoms with Crippen LogP contribution in [0.15, 0.2) is 17.1 Å². The molecule has 74 valence electrons. The minimum atomic E-state index is -0.249. The van der Waals surface area contributed by atoms with Gasteiger partial charge in [0.2, 0.25) is 0 Å². The molecule has 0 saturated carbocycles. The lowest BCUT2D eigenvalue weighted by Gasteiger charge is -2.21. The van der Waals surface area contributed by atoms with E-state index < -0.39 is 0 Å². The summed E-state index contributed by atoms with van der Waals surface area (Å²) in [7, 11) is 0. The van der Waals surface area contributed by atoms with Crippen LogP contribution in [0, 0.1) is 0 Å². The SMILES string of the molecule is CC1Oc2c(Cl)cc(Cl)cc2N=C1N. The van der Waals surface area contributed by atoms with Crippen LogP contribution < -0.4 is 10.5 Å². The van der Waals surface area contributed by atoms with Crippen molar-refractivity contribution >= 4 is 34.7 Å². The molecule has 2 N–H and O–H groups in total. The van der Waals surface area contributed by atoms with Crippen LogP contribution in [0.1, 0.15) is 6.92 Å². The summed E-state index contributed by atoms with van der Waals surface area (Å²) in [6.07, 6.45) is -0.249. The molecule has 1 aliphatic rings. The lowest BCUT2D eigenvalue weighted by molar-refractivity contribution is 0.282. The Morgan fingerprint density at radius 3 is 2.86 bits per heavy atom. The van der Waals surface area contributed by atoms with Gasteiger partial charge in [0.1, 0.15) is 11.5 Å². The molecule has 1 unspecified atom stereocenters. The first-order valence-corrected chi connectivity index (χ1v) is 4.83. The van der Waals surface area contributed by atoms with E-state index in [1.807, 2.05) is 6.92 Å². The summed E-state index contributed by atoms with van der Waals surface area (Å²) in [6, 6.07) is 3.28. The molecule has 0 aromatic heterocycles. The number of amidine groups is 1. The maximum absolute atomic E-state index is 5.94. The molecular formula is C9H8Cl2N2O. The molecular weight excluding hydrogens is 223 g/mol. The fraction of sp³-hybridized carbons (Fsp3) is 0.222. The van der Waals surface area contributed by atoms with E-state index in [4.69, 9.17) is 33.7 Å². The first kappa shape index (κ1) is 9.62. The monoisotopic (exact) mass is 230 g/mol. The predicted molar refractivity (Wildman–Crippen MR) is 57.8 cm³/mol. The van der Waals surface area contributed by atoms with Crippen molar-refractivity contribution in [3.63, 3.8) is 0 Å². The molecule has 0 amide bonds. The van der Waals surface area contributed by atoms with Gasteiger partial charge in [0.15, 0.2) is 11.9 Å². The molecule has 1 aromatic rings. The van der Waals surface area contributed by atoms with Crippen LogP contribution >= 0.6 is 23.2 Å². The Kier molecular flexibility index (Phi) is 2.29. The van der Waals surface area contributed by atoms with Gasteiger partial charge >= 0.3 is 0 Å². The highest BCUT2D eigenvalue weighted by Gasteiger charge is 2.21. The van der Waals surface area contributed by atoms with Gasteiger partial charge in [-0.25, -0.2) is 4.99 Å². The number of ether oxygens (including phenoxy) is 1. The second-order valence-electron chi connectivity index (χ2n) is 3.03. The zero-order valence-corrected chi connectivity index (χ0v) is 8.93. The van der Waals surface area contributed by atoms with E-state index in [0.717, 1.165) is 0 Å². The van der Waals surface area contributed by atoms with Gasteiger partial charge in [-0.1, -0.05) is 23.2 Å². The molecule has 5 heteroatoms. The minimum absolute atomic E-state index is 0.249. The maximum atomic E-state index is 5.94. The maximum Gasteiger partial charge on any atom is 0.164 e. The summed E-state index contributed by atoms with van der Waals surface area (Å²) in [5.41, 5.74) is 6.21. The van der Waals surface area contributed by atoms with Gasteiger partial charge in [0.25, 0.3) is 0 Å². The van der Waals surface area contributed by atoms with Crippen LogP contribution in [-0.2, 0) is 0 Å². The van der Waals surface area contributed by atoms with Gasteiger partial charge in [0, 0.05) is 5.02 Å². The molecule has 0 fully saturated rings. The Labute approximate surface area is 91.5 Å². The van der Waals surface area contributed by atoms with E-state index in [1.54, 1.807) is 12.1 Å². The first-order chi connectivity index (χ1) is 6.58. The van der Waals surface area contributed by atoms with Gasteiger partial charge in [0.05, 0.1) is 5.02 Å². The van der Waals surface area contributed by atoms with Gasteiger partial charge in [-0.2, -0.15) is 0 Å². The summed E-state index contributed by atoms with van der Waals surface area (Å²) in [6.45, 7) is 1.81. The van der Waals surface area contributed by atoms with Gasteiger partial charge in [-0.05, 0) is 19.1 Å². The number of aliphatic imine (C=N–C) groups is 1. The highest BCUT2D eigenvalue weighted by molar-refractivity contribution is 6.36. The molecule has 1 aliphatic heterocycles. The third kappa shape index (κ3) is 1.53. The average molecular weight is 231 g/mol. The standard InChI is InChI=1S/C9H8Cl2N2O/c1-4-9(12)13-7-3-5(10)2-6(11)8(7)14-4/h2-4H,1H3,(H2,12,13). The summed E-state index contributed by atoms with van der Waals surface area (Å²) in [4.78, 5) is 4.15. The topological polar surface area (TPSA) is 47.6 Å². The lowest BCUT2D eigenvalue weighted by Crippen LogP contribution is -2.33. The molecule has 1 aromatic carbocycles. The number of halogens is 2. The number of nitrogens with zero attached hydrogens (tertiary/aromatic N) is 1. The van der Waals surface area contributed by atoms with Crippen molar-refractivity contribution < 1.29 is 4.74 Å². The fourth-order valence-electron chi connectivity index (χ4n) is 1.21. The molecule has 1 heterocycles. The second-order valence-corrected chi connectivity index (χ2v) is 3.88. The molecule has 0 saturated heterocycles. The van der Waals surface area contributed by atoms with Crippen LogP contribution in [0.2, 0.25) is 10.0 Å². The Morgan fingerprint density at radius 1 is 1.43 bits per heavy atom. The molecule has 14 heavy (non-hydrogen) atoms. The van der Waals surface area contributed by atoms with Crippen molar-refractivity contribution in [2.75, 3.05) is 0 Å². The molecule has 1 atom stereocenters. The van der Waals surface area contributed by atoms with Gasteiger partial charge in [-0.3, -0.25) is 0 Å². The largest absolute Gasteiger partial charge is 0.479 e. The normalized spacial score (nSPS) is 19.6. The summed E-state index contributed by atoms with van der Waals surface area (Å²) in [5, 5.41) is 0.971. The fourth-order valence-corrected chi connectivity index (χ4v) is 1.74. The second kappa shape index (κ2) is 3.33. The van der Waals surface area contributed by atoms with Crippen LogP contribution in [0.5, 0.6) is 5.75 Å². The van der Waals surface area contributed by atoms with E-state index in [9.17, 15) is 0 Å². The van der Waals surface area contributed by atoms with Crippen molar-refractivity contribution in [1.29, 1.82) is 0 Å². The molecule has 0 spiro atoms. The Morgan fingerprint density at radius 2 is 2.14 bits per heavy atom. The molecule has 2 rings (SSSR count). The molecule has 3 nitrogen and oxygen atoms in total. The Bertz CT molecular complexity index is 418. The van der Waals surface area contributed by atoms with Gasteiger partial charge < -0.3 is 10.5 Å². The van der Waals surface area contributed by atoms with Crippen LogP contribution in [0.25, 0.3) is 0 Å². The number of rotatable bonds is 0. The zero-order chi connectivity index (χ0) is 10.3. The smallest absolute Gasteiger partial charge is 0.164 e. The highest BCUT2D eigenvalue weighted by Crippen LogP contribution is 2.40. The van der Waals surface area contributed by atoms with Crippen LogP contribution in [0.4, 0.5) is 5.69 Å². The predicted octanol–water partition coefficient (Wildman–Crippen LogP) is 2.76. The Hall–Kier alpha value is -0.930. The number of hydrogen-bond acceptors (Lipinski definition) is 3. The van der Waals surface area contributed by atoms with E-state index in [-0.39, 0.29) is 6.10 Å². The molecule has 0 radical (unpaired) electrons. The van der Waals surface area contributed by atoms with Crippen molar-refractivity contribution in [1.82, 2.24) is 0 Å². The average Bonchev–Trinajstić information content (AvgIpc) is 2.08. The van der Waals surface area contributed by atoms with Crippen molar-refractivity contribution in [2.24, 2.45) is 10.7 Å².